The number of aliphatic hydroxyl groups excluding tert-OH is 4. The molecule has 322 valence electrons. The van der Waals surface area contributed by atoms with Gasteiger partial charge in [0.25, 0.3) is 0 Å². The van der Waals surface area contributed by atoms with Gasteiger partial charge < -0.3 is 39.4 Å². The first kappa shape index (κ1) is 51.2. The predicted molar refractivity (Wildman–Crippen MR) is 219 cm³/mol. The van der Waals surface area contributed by atoms with Gasteiger partial charge in [-0.05, 0) is 57.8 Å². The van der Waals surface area contributed by atoms with Crippen molar-refractivity contribution in [3.05, 3.63) is 24.3 Å². The molecule has 0 aromatic carbocycles. The van der Waals surface area contributed by atoms with Gasteiger partial charge in [-0.25, -0.2) is 0 Å². The number of rotatable bonds is 37. The Morgan fingerprint density at radius 2 is 0.982 bits per heavy atom. The van der Waals surface area contributed by atoms with Crippen LogP contribution < -0.4 is 0 Å². The molecule has 0 spiro atoms. The summed E-state index contributed by atoms with van der Waals surface area (Å²) in [5.74, 6) is -0.817. The van der Waals surface area contributed by atoms with Crippen molar-refractivity contribution < 1.29 is 49.0 Å². The molecule has 1 heterocycles. The second-order valence-corrected chi connectivity index (χ2v) is 15.5. The van der Waals surface area contributed by atoms with Crippen molar-refractivity contribution in [2.45, 2.75) is 230 Å². The number of unbranched alkanes of at least 4 members (excludes halogenated alkanes) is 22. The zero-order valence-corrected chi connectivity index (χ0v) is 34.9. The zero-order chi connectivity index (χ0) is 40.2. The Kier molecular flexibility index (Phi) is 34.0. The van der Waals surface area contributed by atoms with Gasteiger partial charge in [-0.1, -0.05) is 147 Å². The van der Waals surface area contributed by atoms with E-state index >= 15 is 0 Å². The monoisotopic (exact) mass is 783 g/mol. The zero-order valence-electron chi connectivity index (χ0n) is 34.9. The summed E-state index contributed by atoms with van der Waals surface area (Å²) in [6.45, 7) is 3.37. The van der Waals surface area contributed by atoms with Crippen LogP contribution in [-0.4, -0.2) is 89.0 Å². The molecule has 0 saturated carbocycles. The second-order valence-electron chi connectivity index (χ2n) is 15.5. The van der Waals surface area contributed by atoms with Crippen molar-refractivity contribution in [1.29, 1.82) is 0 Å². The van der Waals surface area contributed by atoms with E-state index in [1.54, 1.807) is 0 Å². The maximum Gasteiger partial charge on any atom is 0.306 e. The molecule has 6 atom stereocenters. The summed E-state index contributed by atoms with van der Waals surface area (Å²) in [4.78, 5) is 25.3. The number of hydrogen-bond donors (Lipinski definition) is 4. The van der Waals surface area contributed by atoms with Crippen LogP contribution in [0.3, 0.4) is 0 Å². The van der Waals surface area contributed by atoms with Gasteiger partial charge in [-0.2, -0.15) is 0 Å². The molecule has 1 aliphatic heterocycles. The highest BCUT2D eigenvalue weighted by Crippen LogP contribution is 2.22. The molecule has 1 saturated heterocycles. The van der Waals surface area contributed by atoms with E-state index in [1.165, 1.54) is 96.3 Å². The van der Waals surface area contributed by atoms with E-state index in [4.69, 9.17) is 18.9 Å². The van der Waals surface area contributed by atoms with Gasteiger partial charge >= 0.3 is 11.9 Å². The Balaban J connectivity index is 2.31. The fraction of sp³-hybridized carbons (Fsp3) is 0.867. The highest BCUT2D eigenvalue weighted by atomic mass is 16.7. The Morgan fingerprint density at radius 3 is 1.47 bits per heavy atom. The Hall–Kier alpha value is -1.82. The van der Waals surface area contributed by atoms with Crippen molar-refractivity contribution in [2.75, 3.05) is 19.8 Å². The molecule has 0 aliphatic carbocycles. The lowest BCUT2D eigenvalue weighted by Crippen LogP contribution is -2.59. The van der Waals surface area contributed by atoms with Crippen molar-refractivity contribution in [3.63, 3.8) is 0 Å². The summed E-state index contributed by atoms with van der Waals surface area (Å²) in [5, 5.41) is 40.0. The van der Waals surface area contributed by atoms with E-state index in [0.29, 0.717) is 12.8 Å². The minimum atomic E-state index is -1.59. The van der Waals surface area contributed by atoms with Crippen molar-refractivity contribution in [3.8, 4) is 0 Å². The molecule has 0 bridgehead atoms. The Labute approximate surface area is 334 Å². The standard InChI is InChI=1S/C45H82O10/c1-3-5-7-9-11-13-15-16-17-18-19-20-21-22-24-26-28-30-32-34-41(48)54-38(37-53-45-44(51)43(50)42(49)39(35-46)55-45)36-52-40(47)33-31-29-27-25-23-14-12-10-8-6-4-2/h10,12,16-17,38-39,42-46,49-51H,3-9,11,13-15,18-37H2,1-2H3/b12-10+,17-16+/t38-,39-,42+,43?,44?,45-/m1/s1. The van der Waals surface area contributed by atoms with Crippen LogP contribution >= 0.6 is 0 Å². The van der Waals surface area contributed by atoms with Gasteiger partial charge in [0.05, 0.1) is 13.2 Å². The predicted octanol–water partition coefficient (Wildman–Crippen LogP) is 9.33. The van der Waals surface area contributed by atoms with Crippen LogP contribution in [0.15, 0.2) is 24.3 Å². The molecular formula is C45H82O10. The number of ether oxygens (including phenoxy) is 4. The maximum atomic E-state index is 12.8. The molecule has 2 unspecified atom stereocenters. The van der Waals surface area contributed by atoms with Gasteiger partial charge in [-0.15, -0.1) is 0 Å². The molecule has 4 N–H and O–H groups in total. The molecule has 0 aromatic heterocycles. The quantitative estimate of drug-likeness (QED) is 0.0273. The summed E-state index contributed by atoms with van der Waals surface area (Å²) in [6.07, 6.45) is 31.9. The van der Waals surface area contributed by atoms with E-state index in [2.05, 4.69) is 38.2 Å². The topological polar surface area (TPSA) is 152 Å². The maximum absolute atomic E-state index is 12.8. The first-order chi connectivity index (χ1) is 26.8. The Bertz CT molecular complexity index is 954. The van der Waals surface area contributed by atoms with Crippen LogP contribution in [0.2, 0.25) is 0 Å². The van der Waals surface area contributed by atoms with Crippen LogP contribution in [0.5, 0.6) is 0 Å². The number of hydrogen-bond acceptors (Lipinski definition) is 10. The number of allylic oxidation sites excluding steroid dienone is 4. The summed E-state index contributed by atoms with van der Waals surface area (Å²) in [6, 6.07) is 0. The molecule has 10 heteroatoms. The number of carbonyl (C=O) groups excluding carboxylic acids is 2. The average Bonchev–Trinajstić information content (AvgIpc) is 3.18. The minimum absolute atomic E-state index is 0.220. The summed E-state index contributed by atoms with van der Waals surface area (Å²) in [5.41, 5.74) is 0. The third kappa shape index (κ3) is 28.3. The normalized spacial score (nSPS) is 20.7. The van der Waals surface area contributed by atoms with E-state index in [1.807, 2.05) is 0 Å². The highest BCUT2D eigenvalue weighted by Gasteiger charge is 2.44. The van der Waals surface area contributed by atoms with Gasteiger partial charge in [0.1, 0.15) is 31.0 Å². The van der Waals surface area contributed by atoms with Crippen LogP contribution in [0.4, 0.5) is 0 Å². The van der Waals surface area contributed by atoms with E-state index in [9.17, 15) is 30.0 Å². The summed E-state index contributed by atoms with van der Waals surface area (Å²) >= 11 is 0. The van der Waals surface area contributed by atoms with Crippen LogP contribution in [0.25, 0.3) is 0 Å². The average molecular weight is 783 g/mol. The fourth-order valence-corrected chi connectivity index (χ4v) is 6.69. The largest absolute Gasteiger partial charge is 0.462 e. The third-order valence-corrected chi connectivity index (χ3v) is 10.3. The van der Waals surface area contributed by atoms with Crippen LogP contribution in [-0.2, 0) is 28.5 Å². The first-order valence-electron chi connectivity index (χ1n) is 22.4. The molecular weight excluding hydrogens is 700 g/mol. The first-order valence-corrected chi connectivity index (χ1v) is 22.4. The molecule has 1 rings (SSSR count). The van der Waals surface area contributed by atoms with Gasteiger partial charge in [0, 0.05) is 12.8 Å². The van der Waals surface area contributed by atoms with E-state index < -0.39 is 49.4 Å². The lowest BCUT2D eigenvalue weighted by molar-refractivity contribution is -0.305. The molecule has 1 fully saturated rings. The fourth-order valence-electron chi connectivity index (χ4n) is 6.69. The minimum Gasteiger partial charge on any atom is -0.462 e. The smallest absolute Gasteiger partial charge is 0.306 e. The lowest BCUT2D eigenvalue weighted by Gasteiger charge is -2.39. The molecule has 55 heavy (non-hydrogen) atoms. The second kappa shape index (κ2) is 36.5. The van der Waals surface area contributed by atoms with Gasteiger partial charge in [-0.3, -0.25) is 9.59 Å². The lowest BCUT2D eigenvalue weighted by atomic mass is 9.99. The van der Waals surface area contributed by atoms with Crippen molar-refractivity contribution >= 4 is 11.9 Å². The number of aliphatic hydroxyl groups is 4. The van der Waals surface area contributed by atoms with Crippen LogP contribution in [0.1, 0.15) is 194 Å². The summed E-state index contributed by atoms with van der Waals surface area (Å²) < 4.78 is 22.1. The molecule has 0 aromatic rings. The van der Waals surface area contributed by atoms with Crippen molar-refractivity contribution in [1.82, 2.24) is 0 Å². The van der Waals surface area contributed by atoms with E-state index in [0.717, 1.165) is 57.8 Å². The SMILES string of the molecule is CCCC/C=C/CCCCCCCC(=O)OC[C@H](CO[C@@H]1O[C@H](CO)[C@H](O)C(O)C1O)OC(=O)CCCCCCCCCCC/C=C/CCCCCCCC. The molecule has 10 nitrogen and oxygen atoms in total. The molecule has 0 amide bonds. The van der Waals surface area contributed by atoms with Gasteiger partial charge in [0.15, 0.2) is 12.4 Å². The molecule has 0 radical (unpaired) electrons. The highest BCUT2D eigenvalue weighted by molar-refractivity contribution is 5.70. The Morgan fingerprint density at radius 1 is 0.545 bits per heavy atom. The van der Waals surface area contributed by atoms with Gasteiger partial charge in [0.2, 0.25) is 0 Å². The van der Waals surface area contributed by atoms with E-state index in [-0.39, 0.29) is 32.0 Å². The third-order valence-electron chi connectivity index (χ3n) is 10.3. The van der Waals surface area contributed by atoms with Crippen LogP contribution in [0, 0.1) is 0 Å². The number of carbonyl (C=O) groups is 2. The molecule has 1 aliphatic rings. The van der Waals surface area contributed by atoms with Crippen molar-refractivity contribution in [2.24, 2.45) is 0 Å². The number of esters is 2. The summed E-state index contributed by atoms with van der Waals surface area (Å²) in [7, 11) is 0.